The first-order valence-corrected chi connectivity index (χ1v) is 7.77. The van der Waals surface area contributed by atoms with Crippen molar-refractivity contribution >= 4 is 15.9 Å². The van der Waals surface area contributed by atoms with Crippen molar-refractivity contribution in [1.82, 2.24) is 5.32 Å². The van der Waals surface area contributed by atoms with Crippen LogP contribution in [0.2, 0.25) is 0 Å². The van der Waals surface area contributed by atoms with Gasteiger partial charge in [0.25, 0.3) is 0 Å². The van der Waals surface area contributed by atoms with E-state index in [9.17, 15) is 4.39 Å². The number of hydrogen-bond donors (Lipinski definition) is 1. The Morgan fingerprint density at radius 1 is 1.37 bits per heavy atom. The molecule has 1 aliphatic rings. The van der Waals surface area contributed by atoms with E-state index < -0.39 is 0 Å². The molecule has 1 saturated carbocycles. The average molecular weight is 330 g/mol. The number of benzene rings is 1. The molecule has 1 aromatic rings. The lowest BCUT2D eigenvalue weighted by Crippen LogP contribution is -2.39. The van der Waals surface area contributed by atoms with Gasteiger partial charge in [0.1, 0.15) is 18.2 Å². The summed E-state index contributed by atoms with van der Waals surface area (Å²) in [5.41, 5.74) is 0. The predicted molar refractivity (Wildman–Crippen MR) is 79.0 cm³/mol. The van der Waals surface area contributed by atoms with Gasteiger partial charge < -0.3 is 10.1 Å². The van der Waals surface area contributed by atoms with E-state index >= 15 is 0 Å². The van der Waals surface area contributed by atoms with E-state index in [1.807, 2.05) is 0 Å². The SMILES string of the molecule is CC1CCCCC1NCCOc1cc(F)ccc1Br. The van der Waals surface area contributed by atoms with Crippen LogP contribution in [0.4, 0.5) is 4.39 Å². The van der Waals surface area contributed by atoms with E-state index in [0.717, 1.165) is 16.9 Å². The summed E-state index contributed by atoms with van der Waals surface area (Å²) >= 11 is 3.36. The first-order valence-electron chi connectivity index (χ1n) is 6.98. The van der Waals surface area contributed by atoms with E-state index in [-0.39, 0.29) is 5.82 Å². The van der Waals surface area contributed by atoms with E-state index in [1.165, 1.54) is 37.8 Å². The third-order valence-electron chi connectivity index (χ3n) is 3.77. The summed E-state index contributed by atoms with van der Waals surface area (Å²) < 4.78 is 19.5. The van der Waals surface area contributed by atoms with Gasteiger partial charge in [-0.05, 0) is 46.8 Å². The van der Waals surface area contributed by atoms with Crippen LogP contribution in [0.25, 0.3) is 0 Å². The second-order valence-electron chi connectivity index (χ2n) is 5.25. The van der Waals surface area contributed by atoms with Gasteiger partial charge in [0.2, 0.25) is 0 Å². The number of nitrogens with one attached hydrogen (secondary N) is 1. The second-order valence-corrected chi connectivity index (χ2v) is 6.10. The van der Waals surface area contributed by atoms with Crippen LogP contribution in [-0.2, 0) is 0 Å². The van der Waals surface area contributed by atoms with Crippen LogP contribution in [0.5, 0.6) is 5.75 Å². The van der Waals surface area contributed by atoms with Crippen molar-refractivity contribution in [2.45, 2.75) is 38.6 Å². The molecule has 0 bridgehead atoms. The fourth-order valence-corrected chi connectivity index (χ4v) is 2.97. The average Bonchev–Trinajstić information content (AvgIpc) is 2.40. The quantitative estimate of drug-likeness (QED) is 0.820. The molecule has 0 radical (unpaired) electrons. The van der Waals surface area contributed by atoms with E-state index in [2.05, 4.69) is 28.2 Å². The fraction of sp³-hybridized carbons (Fsp3) is 0.600. The van der Waals surface area contributed by atoms with Crippen LogP contribution >= 0.6 is 15.9 Å². The lowest BCUT2D eigenvalue weighted by Gasteiger charge is -2.29. The third-order valence-corrected chi connectivity index (χ3v) is 4.43. The van der Waals surface area contributed by atoms with Gasteiger partial charge in [0, 0.05) is 18.7 Å². The molecule has 1 aromatic carbocycles. The van der Waals surface area contributed by atoms with Crippen LogP contribution in [0.1, 0.15) is 32.6 Å². The van der Waals surface area contributed by atoms with Crippen molar-refractivity contribution in [1.29, 1.82) is 0 Å². The van der Waals surface area contributed by atoms with Gasteiger partial charge in [0.15, 0.2) is 0 Å². The van der Waals surface area contributed by atoms with Crippen molar-refractivity contribution in [2.24, 2.45) is 5.92 Å². The molecule has 1 aliphatic carbocycles. The molecule has 2 unspecified atom stereocenters. The highest BCUT2D eigenvalue weighted by atomic mass is 79.9. The Morgan fingerprint density at radius 3 is 2.95 bits per heavy atom. The predicted octanol–water partition coefficient (Wildman–Crippen LogP) is 4.14. The molecule has 0 aliphatic heterocycles. The normalized spacial score (nSPS) is 23.3. The third kappa shape index (κ3) is 4.46. The highest BCUT2D eigenvalue weighted by Gasteiger charge is 2.20. The number of hydrogen-bond acceptors (Lipinski definition) is 2. The maximum atomic E-state index is 13.1. The molecule has 2 nitrogen and oxygen atoms in total. The zero-order valence-electron chi connectivity index (χ0n) is 11.3. The molecule has 2 rings (SSSR count). The Kier molecular flexibility index (Phi) is 5.64. The van der Waals surface area contributed by atoms with Gasteiger partial charge >= 0.3 is 0 Å². The minimum Gasteiger partial charge on any atom is -0.491 e. The number of halogens is 2. The standard InChI is InChI=1S/C15H21BrFNO/c1-11-4-2-3-5-14(11)18-8-9-19-15-10-12(17)6-7-13(15)16/h6-7,10-11,14,18H,2-5,8-9H2,1H3. The molecular formula is C15H21BrFNO. The molecule has 1 N–H and O–H groups in total. The van der Waals surface area contributed by atoms with Crippen LogP contribution in [-0.4, -0.2) is 19.2 Å². The molecule has 0 spiro atoms. The highest BCUT2D eigenvalue weighted by molar-refractivity contribution is 9.10. The molecule has 2 atom stereocenters. The first kappa shape index (κ1) is 14.8. The van der Waals surface area contributed by atoms with Crippen molar-refractivity contribution in [3.05, 3.63) is 28.5 Å². The van der Waals surface area contributed by atoms with Gasteiger partial charge in [-0.15, -0.1) is 0 Å². The van der Waals surface area contributed by atoms with E-state index in [1.54, 1.807) is 6.07 Å². The van der Waals surface area contributed by atoms with Gasteiger partial charge in [0.05, 0.1) is 4.47 Å². The van der Waals surface area contributed by atoms with E-state index in [0.29, 0.717) is 18.4 Å². The summed E-state index contributed by atoms with van der Waals surface area (Å²) in [7, 11) is 0. The molecule has 4 heteroatoms. The summed E-state index contributed by atoms with van der Waals surface area (Å²) in [5, 5.41) is 3.54. The minimum atomic E-state index is -0.271. The van der Waals surface area contributed by atoms with Gasteiger partial charge in [-0.2, -0.15) is 0 Å². The second kappa shape index (κ2) is 7.25. The maximum absolute atomic E-state index is 13.1. The summed E-state index contributed by atoms with van der Waals surface area (Å²) in [5.74, 6) is 1.04. The summed E-state index contributed by atoms with van der Waals surface area (Å²) in [6.07, 6.45) is 5.24. The maximum Gasteiger partial charge on any atom is 0.136 e. The van der Waals surface area contributed by atoms with Crippen molar-refractivity contribution < 1.29 is 9.13 Å². The van der Waals surface area contributed by atoms with Gasteiger partial charge in [-0.25, -0.2) is 4.39 Å². The summed E-state index contributed by atoms with van der Waals surface area (Å²) in [6, 6.07) is 5.10. The minimum absolute atomic E-state index is 0.271. The van der Waals surface area contributed by atoms with Gasteiger partial charge in [-0.1, -0.05) is 19.8 Å². The highest BCUT2D eigenvalue weighted by Crippen LogP contribution is 2.26. The van der Waals surface area contributed by atoms with Gasteiger partial charge in [-0.3, -0.25) is 0 Å². The Hall–Kier alpha value is -0.610. The zero-order chi connectivity index (χ0) is 13.7. The van der Waals surface area contributed by atoms with Crippen molar-refractivity contribution in [3.8, 4) is 5.75 Å². The molecule has 0 aromatic heterocycles. The monoisotopic (exact) mass is 329 g/mol. The van der Waals surface area contributed by atoms with Crippen LogP contribution in [0.3, 0.4) is 0 Å². The van der Waals surface area contributed by atoms with E-state index in [4.69, 9.17) is 4.74 Å². The lowest BCUT2D eigenvalue weighted by molar-refractivity contribution is 0.250. The Morgan fingerprint density at radius 2 is 2.16 bits per heavy atom. The van der Waals surface area contributed by atoms with Crippen LogP contribution in [0.15, 0.2) is 22.7 Å². The molecule has 1 fully saturated rings. The summed E-state index contributed by atoms with van der Waals surface area (Å²) in [6.45, 7) is 3.67. The van der Waals surface area contributed by atoms with Crippen LogP contribution < -0.4 is 10.1 Å². The molecule has 0 saturated heterocycles. The molecule has 19 heavy (non-hydrogen) atoms. The largest absolute Gasteiger partial charge is 0.491 e. The van der Waals surface area contributed by atoms with Crippen molar-refractivity contribution in [3.63, 3.8) is 0 Å². The lowest BCUT2D eigenvalue weighted by atomic mass is 9.86. The number of rotatable bonds is 5. The molecule has 0 amide bonds. The summed E-state index contributed by atoms with van der Waals surface area (Å²) in [4.78, 5) is 0. The number of ether oxygens (including phenoxy) is 1. The fourth-order valence-electron chi connectivity index (χ4n) is 2.61. The smallest absolute Gasteiger partial charge is 0.136 e. The first-order chi connectivity index (χ1) is 9.16. The Balaban J connectivity index is 1.73. The Bertz CT molecular complexity index is 413. The van der Waals surface area contributed by atoms with Crippen LogP contribution in [0, 0.1) is 11.7 Å². The zero-order valence-corrected chi connectivity index (χ0v) is 12.9. The molecule has 0 heterocycles. The topological polar surface area (TPSA) is 21.3 Å². The Labute approximate surface area is 122 Å². The molecule has 106 valence electrons. The van der Waals surface area contributed by atoms with Crippen molar-refractivity contribution in [2.75, 3.05) is 13.2 Å². The molecular weight excluding hydrogens is 309 g/mol.